The highest BCUT2D eigenvalue weighted by Gasteiger charge is 2.09. The lowest BCUT2D eigenvalue weighted by Crippen LogP contribution is -2.08. The van der Waals surface area contributed by atoms with Crippen LogP contribution < -0.4 is 15.4 Å². The van der Waals surface area contributed by atoms with Crippen molar-refractivity contribution >= 4 is 28.5 Å². The minimum Gasteiger partial charge on any atom is -0.497 e. The lowest BCUT2D eigenvalue weighted by molar-refractivity contribution is 0.292. The predicted octanol–water partition coefficient (Wildman–Crippen LogP) is 1.90. The number of anilines is 3. The second-order valence-electron chi connectivity index (χ2n) is 4.89. The summed E-state index contributed by atoms with van der Waals surface area (Å²) >= 11 is 0. The average molecular weight is 314 g/mol. The first-order valence-electron chi connectivity index (χ1n) is 7.27. The summed E-state index contributed by atoms with van der Waals surface area (Å²) in [5.41, 5.74) is 1.52. The van der Waals surface area contributed by atoms with Crippen LogP contribution in [0.15, 0.2) is 30.5 Å². The van der Waals surface area contributed by atoms with E-state index in [1.807, 2.05) is 24.3 Å². The molecule has 0 spiro atoms. The third-order valence-electron chi connectivity index (χ3n) is 3.28. The Morgan fingerprint density at radius 1 is 1.22 bits per heavy atom. The number of fused-ring (bicyclic) bond motifs is 1. The van der Waals surface area contributed by atoms with E-state index < -0.39 is 0 Å². The summed E-state index contributed by atoms with van der Waals surface area (Å²) in [6, 6.07) is 7.56. The summed E-state index contributed by atoms with van der Waals surface area (Å²) < 4.78 is 5.15. The third kappa shape index (κ3) is 3.49. The van der Waals surface area contributed by atoms with Gasteiger partial charge in [-0.05, 0) is 30.7 Å². The molecule has 0 bridgehead atoms. The first-order valence-corrected chi connectivity index (χ1v) is 7.27. The van der Waals surface area contributed by atoms with Crippen LogP contribution in [-0.4, -0.2) is 45.5 Å². The topological polar surface area (TPSA) is 108 Å². The molecule has 4 N–H and O–H groups in total. The Morgan fingerprint density at radius 3 is 2.78 bits per heavy atom. The number of benzene rings is 1. The van der Waals surface area contributed by atoms with Crippen molar-refractivity contribution in [3.05, 3.63) is 30.5 Å². The molecule has 0 aliphatic rings. The summed E-state index contributed by atoms with van der Waals surface area (Å²) in [4.78, 5) is 8.83. The Morgan fingerprint density at radius 2 is 2.04 bits per heavy atom. The van der Waals surface area contributed by atoms with Crippen molar-refractivity contribution in [2.75, 3.05) is 30.9 Å². The zero-order valence-electron chi connectivity index (χ0n) is 12.7. The van der Waals surface area contributed by atoms with Gasteiger partial charge >= 0.3 is 0 Å². The number of H-pyrrole nitrogens is 1. The van der Waals surface area contributed by atoms with Gasteiger partial charge in [-0.25, -0.2) is 0 Å². The van der Waals surface area contributed by atoms with Crippen LogP contribution in [0, 0.1) is 0 Å². The van der Waals surface area contributed by atoms with Gasteiger partial charge in [-0.15, -0.1) is 0 Å². The molecule has 0 fully saturated rings. The Bertz CT molecular complexity index is 771. The molecule has 1 aromatic carbocycles. The number of nitrogens with one attached hydrogen (secondary N) is 3. The van der Waals surface area contributed by atoms with Crippen LogP contribution in [0.4, 0.5) is 17.5 Å². The predicted molar refractivity (Wildman–Crippen MR) is 88.2 cm³/mol. The normalized spacial score (nSPS) is 10.7. The van der Waals surface area contributed by atoms with Crippen molar-refractivity contribution in [3.63, 3.8) is 0 Å². The van der Waals surface area contributed by atoms with E-state index in [4.69, 9.17) is 9.84 Å². The van der Waals surface area contributed by atoms with Gasteiger partial charge in [0.25, 0.3) is 0 Å². The zero-order chi connectivity index (χ0) is 16.1. The molecule has 3 aromatic rings. The van der Waals surface area contributed by atoms with Crippen molar-refractivity contribution in [1.29, 1.82) is 0 Å². The molecule has 0 saturated heterocycles. The molecule has 0 saturated carbocycles. The smallest absolute Gasteiger partial charge is 0.226 e. The van der Waals surface area contributed by atoms with Crippen LogP contribution in [0.25, 0.3) is 11.0 Å². The second kappa shape index (κ2) is 6.93. The van der Waals surface area contributed by atoms with E-state index >= 15 is 0 Å². The number of aliphatic hydroxyl groups is 1. The number of ether oxygens (including phenoxy) is 1. The number of hydrogen-bond donors (Lipinski definition) is 4. The van der Waals surface area contributed by atoms with E-state index in [0.717, 1.165) is 16.8 Å². The van der Waals surface area contributed by atoms with E-state index in [2.05, 4.69) is 30.8 Å². The van der Waals surface area contributed by atoms with Gasteiger partial charge in [-0.1, -0.05) is 0 Å². The van der Waals surface area contributed by atoms with Gasteiger partial charge in [0.2, 0.25) is 5.95 Å². The van der Waals surface area contributed by atoms with Crippen LogP contribution in [-0.2, 0) is 0 Å². The van der Waals surface area contributed by atoms with Crippen molar-refractivity contribution in [2.24, 2.45) is 0 Å². The Hall–Kier alpha value is -2.87. The first kappa shape index (κ1) is 15.0. The van der Waals surface area contributed by atoms with Gasteiger partial charge in [-0.2, -0.15) is 15.1 Å². The second-order valence-corrected chi connectivity index (χ2v) is 4.89. The lowest BCUT2D eigenvalue weighted by atomic mass is 10.3. The SMILES string of the molecule is COc1ccc(Nc2nc(NCCCO)nc3[nH]ncc23)cc1. The molecule has 0 atom stereocenters. The van der Waals surface area contributed by atoms with Gasteiger partial charge in [0, 0.05) is 18.8 Å². The van der Waals surface area contributed by atoms with E-state index in [-0.39, 0.29) is 6.61 Å². The van der Waals surface area contributed by atoms with E-state index in [9.17, 15) is 0 Å². The van der Waals surface area contributed by atoms with Crippen molar-refractivity contribution < 1.29 is 9.84 Å². The van der Waals surface area contributed by atoms with Crippen LogP contribution in [0.5, 0.6) is 5.75 Å². The van der Waals surface area contributed by atoms with E-state index in [1.165, 1.54) is 0 Å². The van der Waals surface area contributed by atoms with Crippen LogP contribution in [0.1, 0.15) is 6.42 Å². The monoisotopic (exact) mass is 314 g/mol. The molecule has 3 rings (SSSR count). The zero-order valence-corrected chi connectivity index (χ0v) is 12.7. The van der Waals surface area contributed by atoms with E-state index in [1.54, 1.807) is 13.3 Å². The molecule has 0 unspecified atom stereocenters. The van der Waals surface area contributed by atoms with Gasteiger partial charge in [0.05, 0.1) is 18.7 Å². The summed E-state index contributed by atoms with van der Waals surface area (Å²) in [5, 5.41) is 22.9. The highest BCUT2D eigenvalue weighted by atomic mass is 16.5. The number of hydrogen-bond acceptors (Lipinski definition) is 7. The van der Waals surface area contributed by atoms with Gasteiger partial charge in [0.15, 0.2) is 5.65 Å². The van der Waals surface area contributed by atoms with Crippen LogP contribution >= 0.6 is 0 Å². The lowest BCUT2D eigenvalue weighted by Gasteiger charge is -2.10. The fraction of sp³-hybridized carbons (Fsp3) is 0.267. The molecule has 23 heavy (non-hydrogen) atoms. The van der Waals surface area contributed by atoms with Gasteiger partial charge < -0.3 is 20.5 Å². The maximum atomic E-state index is 8.86. The van der Waals surface area contributed by atoms with Crippen molar-refractivity contribution in [3.8, 4) is 5.75 Å². The molecule has 0 aliphatic carbocycles. The minimum atomic E-state index is 0.121. The Kier molecular flexibility index (Phi) is 4.53. The van der Waals surface area contributed by atoms with Crippen molar-refractivity contribution in [2.45, 2.75) is 6.42 Å². The maximum absolute atomic E-state index is 8.86. The molecule has 8 heteroatoms. The maximum Gasteiger partial charge on any atom is 0.226 e. The summed E-state index contributed by atoms with van der Waals surface area (Å²) in [6.45, 7) is 0.717. The highest BCUT2D eigenvalue weighted by Crippen LogP contribution is 2.25. The molecular formula is C15H18N6O2. The summed E-state index contributed by atoms with van der Waals surface area (Å²) in [6.07, 6.45) is 2.31. The summed E-state index contributed by atoms with van der Waals surface area (Å²) in [5.74, 6) is 1.92. The fourth-order valence-electron chi connectivity index (χ4n) is 2.10. The van der Waals surface area contributed by atoms with Gasteiger partial charge in [-0.3, -0.25) is 5.10 Å². The quantitative estimate of drug-likeness (QED) is 0.493. The number of methoxy groups -OCH3 is 1. The molecule has 0 amide bonds. The standard InChI is InChI=1S/C15H18N6O2/c1-23-11-5-3-10(4-6-11)18-13-12-9-17-21-14(12)20-15(19-13)16-7-2-8-22/h3-6,9,22H,2,7-8H2,1H3,(H3,16,17,18,19,20,21). The fourth-order valence-corrected chi connectivity index (χ4v) is 2.10. The Labute approximate surface area is 132 Å². The Balaban J connectivity index is 1.86. The van der Waals surface area contributed by atoms with E-state index in [0.29, 0.717) is 30.4 Å². The first-order chi connectivity index (χ1) is 11.3. The molecular weight excluding hydrogens is 296 g/mol. The number of nitrogens with zero attached hydrogens (tertiary/aromatic N) is 3. The molecule has 0 aliphatic heterocycles. The molecule has 2 heterocycles. The number of rotatable bonds is 7. The van der Waals surface area contributed by atoms with Crippen LogP contribution in [0.2, 0.25) is 0 Å². The number of aliphatic hydroxyl groups excluding tert-OH is 1. The highest BCUT2D eigenvalue weighted by molar-refractivity contribution is 5.89. The molecule has 8 nitrogen and oxygen atoms in total. The number of aromatic amines is 1. The number of aromatic nitrogens is 4. The minimum absolute atomic E-state index is 0.121. The van der Waals surface area contributed by atoms with Crippen molar-refractivity contribution in [1.82, 2.24) is 20.2 Å². The third-order valence-corrected chi connectivity index (χ3v) is 3.28. The summed E-state index contributed by atoms with van der Waals surface area (Å²) in [7, 11) is 1.63. The molecule has 0 radical (unpaired) electrons. The van der Waals surface area contributed by atoms with Crippen LogP contribution in [0.3, 0.4) is 0 Å². The average Bonchev–Trinajstić information content (AvgIpc) is 3.05. The molecule has 120 valence electrons. The largest absolute Gasteiger partial charge is 0.497 e. The molecule has 2 aromatic heterocycles. The van der Waals surface area contributed by atoms with Gasteiger partial charge in [0.1, 0.15) is 11.6 Å².